The van der Waals surface area contributed by atoms with Crippen LogP contribution in [0.4, 0.5) is 11.5 Å². The molecule has 0 aliphatic heterocycles. The van der Waals surface area contributed by atoms with Crippen LogP contribution < -0.4 is 11.1 Å². The van der Waals surface area contributed by atoms with E-state index < -0.39 is 0 Å². The predicted molar refractivity (Wildman–Crippen MR) is 70.5 cm³/mol. The first-order valence-corrected chi connectivity index (χ1v) is 5.97. The molecule has 0 spiro atoms. The molecule has 1 rings (SSSR count). The van der Waals surface area contributed by atoms with Crippen molar-refractivity contribution < 1.29 is 0 Å². The van der Waals surface area contributed by atoms with E-state index in [0.717, 1.165) is 29.4 Å². The highest BCUT2D eigenvalue weighted by Crippen LogP contribution is 2.16. The zero-order valence-corrected chi connectivity index (χ0v) is 10.7. The third-order valence-corrected chi connectivity index (χ3v) is 2.72. The van der Waals surface area contributed by atoms with Crippen molar-refractivity contribution in [2.75, 3.05) is 11.1 Å². The molecule has 3 nitrogen and oxygen atoms in total. The molecule has 0 aliphatic rings. The van der Waals surface area contributed by atoms with Gasteiger partial charge in [-0.1, -0.05) is 13.8 Å². The molecule has 90 valence electrons. The Morgan fingerprint density at radius 3 is 2.56 bits per heavy atom. The van der Waals surface area contributed by atoms with E-state index in [1.54, 1.807) is 0 Å². The number of pyridine rings is 1. The van der Waals surface area contributed by atoms with Crippen LogP contribution in [0.15, 0.2) is 12.3 Å². The van der Waals surface area contributed by atoms with E-state index in [1.165, 1.54) is 6.42 Å². The molecule has 0 bridgehead atoms. The molecule has 1 aromatic rings. The van der Waals surface area contributed by atoms with Crippen molar-refractivity contribution in [3.05, 3.63) is 17.8 Å². The number of hydrogen-bond acceptors (Lipinski definition) is 3. The fourth-order valence-electron chi connectivity index (χ4n) is 1.53. The molecule has 0 aliphatic carbocycles. The van der Waals surface area contributed by atoms with Crippen molar-refractivity contribution in [3.8, 4) is 0 Å². The van der Waals surface area contributed by atoms with E-state index >= 15 is 0 Å². The normalized spacial score (nSPS) is 12.8. The van der Waals surface area contributed by atoms with Gasteiger partial charge in [0, 0.05) is 24.0 Å². The number of nitrogens with one attached hydrogen (secondary N) is 1. The highest BCUT2D eigenvalue weighted by atomic mass is 15.0. The minimum absolute atomic E-state index is 0.442. The molecular weight excluding hydrogens is 198 g/mol. The SMILES string of the molecule is Cc1cnc(NC(C)CCC(C)C)cc1N. The summed E-state index contributed by atoms with van der Waals surface area (Å²) in [7, 11) is 0. The Morgan fingerprint density at radius 1 is 1.31 bits per heavy atom. The van der Waals surface area contributed by atoms with Crippen LogP contribution in [0, 0.1) is 12.8 Å². The standard InChI is InChI=1S/C13H23N3/c1-9(2)5-6-11(4)16-13-7-12(14)10(3)8-15-13/h7-9,11H,5-6H2,1-4H3,(H3,14,15,16). The molecule has 1 unspecified atom stereocenters. The Hall–Kier alpha value is -1.25. The molecule has 3 N–H and O–H groups in total. The third-order valence-electron chi connectivity index (χ3n) is 2.72. The van der Waals surface area contributed by atoms with Crippen LogP contribution in [0.1, 0.15) is 39.2 Å². The van der Waals surface area contributed by atoms with E-state index in [1.807, 2.05) is 19.2 Å². The molecule has 1 heterocycles. The zero-order valence-electron chi connectivity index (χ0n) is 10.7. The summed E-state index contributed by atoms with van der Waals surface area (Å²) >= 11 is 0. The first-order chi connectivity index (χ1) is 7.49. The van der Waals surface area contributed by atoms with E-state index in [0.29, 0.717) is 6.04 Å². The van der Waals surface area contributed by atoms with Crippen LogP contribution in [0.3, 0.4) is 0 Å². The van der Waals surface area contributed by atoms with Gasteiger partial charge in [-0.2, -0.15) is 0 Å². The lowest BCUT2D eigenvalue weighted by molar-refractivity contribution is 0.527. The minimum Gasteiger partial charge on any atom is -0.398 e. The van der Waals surface area contributed by atoms with Crippen molar-refractivity contribution in [1.29, 1.82) is 0 Å². The largest absolute Gasteiger partial charge is 0.398 e. The van der Waals surface area contributed by atoms with Gasteiger partial charge in [-0.05, 0) is 38.2 Å². The highest BCUT2D eigenvalue weighted by Gasteiger charge is 2.05. The number of nitrogens with zero attached hydrogens (tertiary/aromatic N) is 1. The summed E-state index contributed by atoms with van der Waals surface area (Å²) in [6.45, 7) is 8.64. The lowest BCUT2D eigenvalue weighted by atomic mass is 10.0. The summed E-state index contributed by atoms with van der Waals surface area (Å²) in [6.07, 6.45) is 4.20. The predicted octanol–water partition coefficient (Wildman–Crippen LogP) is 3.21. The molecule has 0 amide bonds. The number of nitrogens with two attached hydrogens (primary N) is 1. The molecular formula is C13H23N3. The van der Waals surface area contributed by atoms with Gasteiger partial charge in [-0.15, -0.1) is 0 Å². The van der Waals surface area contributed by atoms with E-state index in [2.05, 4.69) is 31.1 Å². The molecule has 0 saturated carbocycles. The number of anilines is 2. The van der Waals surface area contributed by atoms with Gasteiger partial charge < -0.3 is 11.1 Å². The fraction of sp³-hybridized carbons (Fsp3) is 0.615. The monoisotopic (exact) mass is 221 g/mol. The second-order valence-electron chi connectivity index (χ2n) is 4.94. The Labute approximate surface area is 98.5 Å². The van der Waals surface area contributed by atoms with Gasteiger partial charge in [0.1, 0.15) is 5.82 Å². The lowest BCUT2D eigenvalue weighted by Gasteiger charge is -2.16. The van der Waals surface area contributed by atoms with Crippen LogP contribution in [-0.4, -0.2) is 11.0 Å². The van der Waals surface area contributed by atoms with Crippen molar-refractivity contribution in [2.24, 2.45) is 5.92 Å². The number of rotatable bonds is 5. The van der Waals surface area contributed by atoms with Gasteiger partial charge in [0.25, 0.3) is 0 Å². The van der Waals surface area contributed by atoms with Crippen molar-refractivity contribution in [1.82, 2.24) is 4.98 Å². The van der Waals surface area contributed by atoms with Gasteiger partial charge >= 0.3 is 0 Å². The molecule has 0 fully saturated rings. The van der Waals surface area contributed by atoms with Gasteiger partial charge in [0.05, 0.1) is 0 Å². The van der Waals surface area contributed by atoms with Crippen LogP contribution in [0.5, 0.6) is 0 Å². The number of nitrogen functional groups attached to an aromatic ring is 1. The summed E-state index contributed by atoms with van der Waals surface area (Å²) in [5, 5.41) is 3.37. The van der Waals surface area contributed by atoms with Gasteiger partial charge in [-0.3, -0.25) is 0 Å². The first-order valence-electron chi connectivity index (χ1n) is 5.97. The zero-order chi connectivity index (χ0) is 12.1. The number of aromatic nitrogens is 1. The van der Waals surface area contributed by atoms with Gasteiger partial charge in [-0.25, -0.2) is 4.98 Å². The maximum atomic E-state index is 5.84. The van der Waals surface area contributed by atoms with Crippen LogP contribution in [-0.2, 0) is 0 Å². The maximum Gasteiger partial charge on any atom is 0.128 e. The van der Waals surface area contributed by atoms with E-state index in [9.17, 15) is 0 Å². The van der Waals surface area contributed by atoms with E-state index in [-0.39, 0.29) is 0 Å². The van der Waals surface area contributed by atoms with Crippen LogP contribution in [0.25, 0.3) is 0 Å². The molecule has 0 saturated heterocycles. The van der Waals surface area contributed by atoms with Crippen molar-refractivity contribution in [2.45, 2.75) is 46.6 Å². The maximum absolute atomic E-state index is 5.84. The Morgan fingerprint density at radius 2 is 2.00 bits per heavy atom. The van der Waals surface area contributed by atoms with Crippen molar-refractivity contribution >= 4 is 11.5 Å². The summed E-state index contributed by atoms with van der Waals surface area (Å²) in [6, 6.07) is 2.35. The first kappa shape index (κ1) is 12.8. The van der Waals surface area contributed by atoms with E-state index in [4.69, 9.17) is 5.73 Å². The molecule has 0 radical (unpaired) electrons. The average molecular weight is 221 g/mol. The van der Waals surface area contributed by atoms with Crippen LogP contribution >= 0.6 is 0 Å². The summed E-state index contributed by atoms with van der Waals surface area (Å²) in [5.74, 6) is 1.62. The summed E-state index contributed by atoms with van der Waals surface area (Å²) in [5.41, 5.74) is 7.67. The Kier molecular flexibility index (Phi) is 4.59. The topological polar surface area (TPSA) is 50.9 Å². The quantitative estimate of drug-likeness (QED) is 0.802. The lowest BCUT2D eigenvalue weighted by Crippen LogP contribution is -2.16. The van der Waals surface area contributed by atoms with Gasteiger partial charge in [0.15, 0.2) is 0 Å². The molecule has 1 atom stereocenters. The average Bonchev–Trinajstić information content (AvgIpc) is 2.21. The molecule has 1 aromatic heterocycles. The van der Waals surface area contributed by atoms with Crippen molar-refractivity contribution in [3.63, 3.8) is 0 Å². The fourth-order valence-corrected chi connectivity index (χ4v) is 1.53. The third kappa shape index (κ3) is 4.09. The second kappa shape index (κ2) is 5.73. The number of aryl methyl sites for hydroxylation is 1. The van der Waals surface area contributed by atoms with Gasteiger partial charge in [0.2, 0.25) is 0 Å². The summed E-state index contributed by atoms with van der Waals surface area (Å²) in [4.78, 5) is 4.32. The second-order valence-corrected chi connectivity index (χ2v) is 4.94. The summed E-state index contributed by atoms with van der Waals surface area (Å²) < 4.78 is 0. The highest BCUT2D eigenvalue weighted by molar-refractivity contribution is 5.53. The minimum atomic E-state index is 0.442. The van der Waals surface area contributed by atoms with Crippen LogP contribution in [0.2, 0.25) is 0 Å². The molecule has 16 heavy (non-hydrogen) atoms. The number of hydrogen-bond donors (Lipinski definition) is 2. The molecule has 3 heteroatoms. The Balaban J connectivity index is 2.49. The smallest absolute Gasteiger partial charge is 0.128 e. The molecule has 0 aromatic carbocycles. The Bertz CT molecular complexity index is 334.